The second kappa shape index (κ2) is 16.8. The number of carbonyl (C=O) groups excluding carboxylic acids is 1. The molecule has 0 spiro atoms. The first-order valence-corrected chi connectivity index (χ1v) is 7.97. The Bertz CT molecular complexity index is 268. The number of unbranched alkanes of at least 4 members (excludes halogenated alkanes) is 1. The molecule has 0 aromatic rings. The molecule has 0 aromatic heterocycles. The molecule has 7 heteroatoms. The molecule has 0 aromatic carbocycles. The number of likely N-dealkylation sites (N-methyl/N-ethyl adjacent to an activating group) is 1. The zero-order valence-corrected chi connectivity index (χ0v) is 17.9. The van der Waals surface area contributed by atoms with E-state index in [9.17, 15) is 4.79 Å². The van der Waals surface area contributed by atoms with Crippen LogP contribution in [0.5, 0.6) is 0 Å². The van der Waals surface area contributed by atoms with Crippen molar-refractivity contribution < 1.29 is 61.3 Å². The van der Waals surface area contributed by atoms with E-state index in [1.165, 1.54) is 0 Å². The van der Waals surface area contributed by atoms with Gasteiger partial charge in [0.1, 0.15) is 0 Å². The number of hydrogen-bond acceptors (Lipinski definition) is 4. The Hall–Kier alpha value is 0.946. The molecule has 0 aliphatic heterocycles. The molecule has 126 valence electrons. The number of nitrogens with one attached hydrogen (secondary N) is 2. The van der Waals surface area contributed by atoms with Gasteiger partial charge in [-0.2, -0.15) is 0 Å². The maximum atomic E-state index is 12.1. The van der Waals surface area contributed by atoms with E-state index in [0.717, 1.165) is 19.3 Å². The van der Waals surface area contributed by atoms with Gasteiger partial charge in [0.15, 0.2) is 0 Å². The number of rotatable bonds is 13. The molecule has 1 amide bonds. The average molecular weight is 341 g/mol. The van der Waals surface area contributed by atoms with Crippen molar-refractivity contribution >= 4 is 5.91 Å². The molecule has 0 aliphatic rings. The van der Waals surface area contributed by atoms with Gasteiger partial charge in [0, 0.05) is 6.54 Å². The predicted octanol–water partition coefficient (Wildman–Crippen LogP) is -2.40. The van der Waals surface area contributed by atoms with Gasteiger partial charge in [-0.1, -0.05) is 32.7 Å². The summed E-state index contributed by atoms with van der Waals surface area (Å²) in [5.74, 6) is 0.497. The topological polar surface area (TPSA) is 101 Å². The second-order valence-corrected chi connectivity index (χ2v) is 5.80. The van der Waals surface area contributed by atoms with Crippen LogP contribution >= 0.6 is 0 Å². The predicted molar refractivity (Wildman–Crippen MR) is 87.3 cm³/mol. The van der Waals surface area contributed by atoms with Crippen LogP contribution < -0.4 is 67.8 Å². The summed E-state index contributed by atoms with van der Waals surface area (Å²) in [7, 11) is 1.93. The molecule has 22 heavy (non-hydrogen) atoms. The minimum Gasteiger partial charge on any atom is -0.650 e. The van der Waals surface area contributed by atoms with Gasteiger partial charge in [0.2, 0.25) is 5.91 Å². The van der Waals surface area contributed by atoms with Crippen LogP contribution in [0.3, 0.4) is 0 Å². The molecule has 0 rings (SSSR count). The molecular weight excluding hydrogens is 307 g/mol. The Morgan fingerprint density at radius 2 is 2.00 bits per heavy atom. The Morgan fingerprint density at radius 1 is 1.32 bits per heavy atom. The van der Waals surface area contributed by atoms with Gasteiger partial charge in [-0.3, -0.25) is 4.79 Å². The van der Waals surface area contributed by atoms with Crippen LogP contribution in [-0.4, -0.2) is 56.4 Å². The van der Waals surface area contributed by atoms with Crippen molar-refractivity contribution in [1.82, 2.24) is 10.6 Å². The average Bonchev–Trinajstić information content (AvgIpc) is 2.46. The van der Waals surface area contributed by atoms with Crippen molar-refractivity contribution in [3.8, 4) is 0 Å². The normalized spacial score (nSPS) is 13.5. The summed E-state index contributed by atoms with van der Waals surface area (Å²) in [6.45, 7) is 5.86. The van der Waals surface area contributed by atoms with Crippen LogP contribution in [0.2, 0.25) is 0 Å². The molecule has 0 aliphatic carbocycles. The fraction of sp³-hybridized carbons (Fsp3) is 0.933. The fourth-order valence-electron chi connectivity index (χ4n) is 2.19. The van der Waals surface area contributed by atoms with Crippen molar-refractivity contribution in [2.24, 2.45) is 11.7 Å². The Balaban J connectivity index is 0. The van der Waals surface area contributed by atoms with Gasteiger partial charge in [-0.25, -0.2) is 0 Å². The number of aliphatic hydroxyl groups excluding tert-OH is 1. The molecule has 0 radical (unpaired) electrons. The summed E-state index contributed by atoms with van der Waals surface area (Å²) in [5, 5.41) is 19.3. The van der Waals surface area contributed by atoms with Crippen LogP contribution in [0, 0.1) is 5.92 Å². The summed E-state index contributed by atoms with van der Waals surface area (Å²) >= 11 is 0. The molecular formula is C15H33KN4O2. The summed E-state index contributed by atoms with van der Waals surface area (Å²) < 4.78 is 0. The van der Waals surface area contributed by atoms with E-state index < -0.39 is 0 Å². The second-order valence-electron chi connectivity index (χ2n) is 5.80. The molecule has 2 atom stereocenters. The van der Waals surface area contributed by atoms with E-state index >= 15 is 0 Å². The number of nitrogens with zero attached hydrogens (tertiary/aromatic N) is 1. The molecule has 0 saturated carbocycles. The van der Waals surface area contributed by atoms with Crippen LogP contribution in [0.1, 0.15) is 39.5 Å². The van der Waals surface area contributed by atoms with Crippen molar-refractivity contribution in [2.75, 3.05) is 33.3 Å². The van der Waals surface area contributed by atoms with E-state index in [1.54, 1.807) is 0 Å². The Morgan fingerprint density at radius 3 is 2.50 bits per heavy atom. The van der Waals surface area contributed by atoms with Crippen LogP contribution in [0.25, 0.3) is 5.32 Å². The molecule has 1 unspecified atom stereocenters. The summed E-state index contributed by atoms with van der Waals surface area (Å²) in [6.07, 6.45) is 3.55. The summed E-state index contributed by atoms with van der Waals surface area (Å²) in [5.41, 5.74) is 5.50. The van der Waals surface area contributed by atoms with Crippen LogP contribution in [0.4, 0.5) is 0 Å². The van der Waals surface area contributed by atoms with Crippen molar-refractivity contribution in [3.05, 3.63) is 5.32 Å². The molecule has 0 saturated heterocycles. The SMILES string of the molecule is CNC(C[N-][C@@H](CCCCN)C(=O)NCCO)CC(C)C.[K+]. The van der Waals surface area contributed by atoms with Crippen LogP contribution in [-0.2, 0) is 4.79 Å². The monoisotopic (exact) mass is 340 g/mol. The first-order valence-electron chi connectivity index (χ1n) is 7.97. The smallest absolute Gasteiger partial charge is 0.650 e. The quantitative estimate of drug-likeness (QED) is 0.222. The minimum atomic E-state index is -0.342. The zero-order chi connectivity index (χ0) is 16.1. The molecule has 6 nitrogen and oxygen atoms in total. The standard InChI is InChI=1S/C15H33N4O2.K/c1-12(2)10-13(17-3)11-19-14(6-4-5-7-16)15(21)18-8-9-20;/h12-14,17,20H,4-11,16H2,1-3H3,(H,18,21);/q-1;+1/t13?,14-;/m0./s1. The van der Waals surface area contributed by atoms with Crippen molar-refractivity contribution in [1.29, 1.82) is 0 Å². The van der Waals surface area contributed by atoms with Gasteiger partial charge >= 0.3 is 51.4 Å². The van der Waals surface area contributed by atoms with Crippen LogP contribution in [0.15, 0.2) is 0 Å². The molecule has 0 heterocycles. The molecule has 0 bridgehead atoms. The third-order valence-corrected chi connectivity index (χ3v) is 3.36. The third kappa shape index (κ3) is 13.4. The van der Waals surface area contributed by atoms with E-state index in [0.29, 0.717) is 31.5 Å². The fourth-order valence-corrected chi connectivity index (χ4v) is 2.19. The Labute approximate surface area is 178 Å². The van der Waals surface area contributed by atoms with E-state index in [4.69, 9.17) is 10.8 Å². The number of amides is 1. The summed E-state index contributed by atoms with van der Waals surface area (Å²) in [6, 6.07) is -0.0428. The third-order valence-electron chi connectivity index (χ3n) is 3.36. The van der Waals surface area contributed by atoms with Gasteiger partial charge in [0.05, 0.1) is 6.61 Å². The number of hydrogen-bond donors (Lipinski definition) is 4. The van der Waals surface area contributed by atoms with Gasteiger partial charge in [-0.05, 0) is 38.4 Å². The van der Waals surface area contributed by atoms with E-state index in [1.807, 2.05) is 7.05 Å². The number of aliphatic hydroxyl groups is 1. The number of nitrogens with two attached hydrogens (primary N) is 1. The van der Waals surface area contributed by atoms with Gasteiger partial charge in [0.25, 0.3) is 0 Å². The Kier molecular flexibility index (Phi) is 19.2. The van der Waals surface area contributed by atoms with Crippen molar-refractivity contribution in [2.45, 2.75) is 51.6 Å². The van der Waals surface area contributed by atoms with Gasteiger partial charge < -0.3 is 26.8 Å². The van der Waals surface area contributed by atoms with Gasteiger partial charge in [-0.15, -0.1) is 6.54 Å². The largest absolute Gasteiger partial charge is 1.00 e. The number of carbonyl (C=O) groups is 1. The maximum Gasteiger partial charge on any atom is 1.00 e. The molecule has 0 fully saturated rings. The zero-order valence-electron chi connectivity index (χ0n) is 14.8. The van der Waals surface area contributed by atoms with E-state index in [2.05, 4.69) is 29.8 Å². The minimum absolute atomic E-state index is 0. The first-order chi connectivity index (χ1) is 10.0. The van der Waals surface area contributed by atoms with Crippen molar-refractivity contribution in [3.63, 3.8) is 0 Å². The molecule has 5 N–H and O–H groups in total. The van der Waals surface area contributed by atoms with E-state index in [-0.39, 0.29) is 76.5 Å². The first kappa shape index (κ1) is 25.2. The maximum absolute atomic E-state index is 12.1. The summed E-state index contributed by atoms with van der Waals surface area (Å²) in [4.78, 5) is 12.1.